The first-order chi connectivity index (χ1) is 9.11. The Morgan fingerprint density at radius 2 is 2.32 bits per heavy atom. The molecular formula is C13H20N4OS. The lowest BCUT2D eigenvalue weighted by Gasteiger charge is -2.34. The molecule has 2 rings (SSSR count). The third-order valence-corrected chi connectivity index (χ3v) is 3.90. The molecule has 1 unspecified atom stereocenters. The second-order valence-electron chi connectivity index (χ2n) is 4.92. The second-order valence-corrected chi connectivity index (χ2v) is 5.69. The van der Waals surface area contributed by atoms with Crippen molar-refractivity contribution in [1.29, 1.82) is 0 Å². The minimum absolute atomic E-state index is 0.0800. The minimum Gasteiger partial charge on any atom is -0.356 e. The zero-order valence-corrected chi connectivity index (χ0v) is 12.5. The van der Waals surface area contributed by atoms with E-state index in [0.717, 1.165) is 36.9 Å². The highest BCUT2D eigenvalue weighted by Gasteiger charge is 2.27. The molecule has 1 aliphatic rings. The molecule has 6 heteroatoms. The summed E-state index contributed by atoms with van der Waals surface area (Å²) in [7, 11) is 3.63. The third-order valence-electron chi connectivity index (χ3n) is 3.34. The van der Waals surface area contributed by atoms with Crippen molar-refractivity contribution in [3.05, 3.63) is 12.3 Å². The Morgan fingerprint density at radius 1 is 1.53 bits per heavy atom. The molecule has 0 aromatic carbocycles. The Balaban J connectivity index is 2.10. The predicted octanol–water partition coefficient (Wildman–Crippen LogP) is 1.50. The smallest absolute Gasteiger partial charge is 0.226 e. The first-order valence-corrected chi connectivity index (χ1v) is 7.67. The molecule has 1 aliphatic heterocycles. The first-order valence-electron chi connectivity index (χ1n) is 6.45. The fraction of sp³-hybridized carbons (Fsp3) is 0.615. The molecular weight excluding hydrogens is 260 g/mol. The summed E-state index contributed by atoms with van der Waals surface area (Å²) in [4.78, 5) is 24.6. The van der Waals surface area contributed by atoms with Crippen molar-refractivity contribution in [3.8, 4) is 0 Å². The summed E-state index contributed by atoms with van der Waals surface area (Å²) in [5.41, 5.74) is 0. The van der Waals surface area contributed by atoms with Gasteiger partial charge in [-0.3, -0.25) is 4.79 Å². The van der Waals surface area contributed by atoms with Gasteiger partial charge in [0.25, 0.3) is 0 Å². The Kier molecular flexibility index (Phi) is 4.63. The Bertz CT molecular complexity index is 452. The number of rotatable bonds is 3. The molecule has 1 aromatic rings. The molecule has 0 aliphatic carbocycles. The summed E-state index contributed by atoms with van der Waals surface area (Å²) >= 11 is 1.53. The number of carbonyl (C=O) groups excluding carboxylic acids is 1. The van der Waals surface area contributed by atoms with E-state index < -0.39 is 0 Å². The van der Waals surface area contributed by atoms with Gasteiger partial charge in [-0.1, -0.05) is 11.8 Å². The highest BCUT2D eigenvalue weighted by atomic mass is 32.2. The minimum atomic E-state index is 0.0800. The fourth-order valence-electron chi connectivity index (χ4n) is 2.36. The van der Waals surface area contributed by atoms with Crippen LogP contribution in [0, 0.1) is 5.92 Å². The zero-order valence-electron chi connectivity index (χ0n) is 11.7. The van der Waals surface area contributed by atoms with Crippen LogP contribution >= 0.6 is 11.8 Å². The van der Waals surface area contributed by atoms with Crippen LogP contribution in [0.2, 0.25) is 0 Å². The molecule has 1 atom stereocenters. The monoisotopic (exact) mass is 280 g/mol. The molecule has 5 nitrogen and oxygen atoms in total. The number of anilines is 1. The van der Waals surface area contributed by atoms with E-state index in [1.165, 1.54) is 11.8 Å². The second kappa shape index (κ2) is 6.23. The van der Waals surface area contributed by atoms with Gasteiger partial charge in [-0.2, -0.15) is 0 Å². The van der Waals surface area contributed by atoms with Crippen molar-refractivity contribution in [2.75, 3.05) is 38.3 Å². The van der Waals surface area contributed by atoms with E-state index in [1.54, 1.807) is 11.1 Å². The number of amides is 1. The van der Waals surface area contributed by atoms with Gasteiger partial charge < -0.3 is 9.80 Å². The lowest BCUT2D eigenvalue weighted by Crippen LogP contribution is -2.43. The van der Waals surface area contributed by atoms with Crippen molar-refractivity contribution in [3.63, 3.8) is 0 Å². The van der Waals surface area contributed by atoms with Gasteiger partial charge in [-0.25, -0.2) is 9.97 Å². The van der Waals surface area contributed by atoms with E-state index >= 15 is 0 Å². The fourth-order valence-corrected chi connectivity index (χ4v) is 2.71. The molecule has 19 heavy (non-hydrogen) atoms. The molecule has 0 bridgehead atoms. The number of carbonyl (C=O) groups is 1. The van der Waals surface area contributed by atoms with Gasteiger partial charge in [0.1, 0.15) is 5.82 Å². The molecule has 0 spiro atoms. The summed E-state index contributed by atoms with van der Waals surface area (Å²) in [6.07, 6.45) is 5.75. The number of hydrogen-bond acceptors (Lipinski definition) is 5. The standard InChI is InChI=1S/C13H20N4OS/c1-16(2)12(18)10-5-4-8-17(9-10)11-6-7-14-13(15-11)19-3/h6-7,10H,4-5,8-9H2,1-3H3. The Hall–Kier alpha value is -1.30. The summed E-state index contributed by atoms with van der Waals surface area (Å²) in [6.45, 7) is 1.71. The van der Waals surface area contributed by atoms with Crippen LogP contribution in [0.4, 0.5) is 5.82 Å². The van der Waals surface area contributed by atoms with Gasteiger partial charge in [0.05, 0.1) is 5.92 Å². The number of thioether (sulfide) groups is 1. The molecule has 1 aromatic heterocycles. The summed E-state index contributed by atoms with van der Waals surface area (Å²) < 4.78 is 0. The third kappa shape index (κ3) is 3.37. The van der Waals surface area contributed by atoms with Gasteiger partial charge in [0.15, 0.2) is 5.16 Å². The molecule has 0 radical (unpaired) electrons. The number of nitrogens with zero attached hydrogens (tertiary/aromatic N) is 4. The average Bonchev–Trinajstić information content (AvgIpc) is 2.46. The number of piperidine rings is 1. The van der Waals surface area contributed by atoms with Crippen LogP contribution in [0.3, 0.4) is 0 Å². The highest BCUT2D eigenvalue weighted by molar-refractivity contribution is 7.98. The van der Waals surface area contributed by atoms with Crippen LogP contribution in [-0.4, -0.2) is 54.2 Å². The average molecular weight is 280 g/mol. The van der Waals surface area contributed by atoms with Crippen molar-refractivity contribution >= 4 is 23.5 Å². The molecule has 0 saturated carbocycles. The van der Waals surface area contributed by atoms with E-state index in [1.807, 2.05) is 26.4 Å². The van der Waals surface area contributed by atoms with E-state index in [0.29, 0.717) is 0 Å². The lowest BCUT2D eigenvalue weighted by atomic mass is 9.97. The number of hydrogen-bond donors (Lipinski definition) is 0. The molecule has 1 saturated heterocycles. The highest BCUT2D eigenvalue weighted by Crippen LogP contribution is 2.23. The molecule has 0 N–H and O–H groups in total. The van der Waals surface area contributed by atoms with Gasteiger partial charge in [0, 0.05) is 33.4 Å². The van der Waals surface area contributed by atoms with Gasteiger partial charge in [-0.15, -0.1) is 0 Å². The summed E-state index contributed by atoms with van der Waals surface area (Å²) in [5.74, 6) is 1.22. The van der Waals surface area contributed by atoms with E-state index in [2.05, 4.69) is 14.9 Å². The zero-order chi connectivity index (χ0) is 13.8. The van der Waals surface area contributed by atoms with Gasteiger partial charge in [0.2, 0.25) is 5.91 Å². The molecule has 1 amide bonds. The Morgan fingerprint density at radius 3 is 3.00 bits per heavy atom. The van der Waals surface area contributed by atoms with Crippen molar-refractivity contribution < 1.29 is 4.79 Å². The quantitative estimate of drug-likeness (QED) is 0.620. The summed E-state index contributed by atoms with van der Waals surface area (Å²) in [6, 6.07) is 1.92. The van der Waals surface area contributed by atoms with E-state index in [9.17, 15) is 4.79 Å². The number of aromatic nitrogens is 2. The van der Waals surface area contributed by atoms with E-state index in [4.69, 9.17) is 0 Å². The topological polar surface area (TPSA) is 49.3 Å². The van der Waals surface area contributed by atoms with Crippen LogP contribution < -0.4 is 4.90 Å². The van der Waals surface area contributed by atoms with Crippen molar-refractivity contribution in [1.82, 2.24) is 14.9 Å². The van der Waals surface area contributed by atoms with Crippen LogP contribution in [-0.2, 0) is 4.79 Å². The SMILES string of the molecule is CSc1nccc(N2CCCC(C(=O)N(C)C)C2)n1. The molecule has 104 valence electrons. The molecule has 2 heterocycles. The van der Waals surface area contributed by atoms with Crippen LogP contribution in [0.1, 0.15) is 12.8 Å². The van der Waals surface area contributed by atoms with Crippen LogP contribution in [0.5, 0.6) is 0 Å². The maximum atomic E-state index is 12.1. The Labute approximate surface area is 118 Å². The van der Waals surface area contributed by atoms with Gasteiger partial charge in [-0.05, 0) is 25.2 Å². The maximum absolute atomic E-state index is 12.1. The van der Waals surface area contributed by atoms with Crippen LogP contribution in [0.15, 0.2) is 17.4 Å². The normalized spacial score (nSPS) is 19.3. The van der Waals surface area contributed by atoms with Crippen molar-refractivity contribution in [2.45, 2.75) is 18.0 Å². The van der Waals surface area contributed by atoms with Crippen LogP contribution in [0.25, 0.3) is 0 Å². The molecule has 1 fully saturated rings. The summed E-state index contributed by atoms with van der Waals surface area (Å²) in [5, 5.41) is 0.776. The van der Waals surface area contributed by atoms with Gasteiger partial charge >= 0.3 is 0 Å². The maximum Gasteiger partial charge on any atom is 0.226 e. The van der Waals surface area contributed by atoms with Crippen molar-refractivity contribution in [2.24, 2.45) is 5.92 Å². The lowest BCUT2D eigenvalue weighted by molar-refractivity contribution is -0.133. The first kappa shape index (κ1) is 14.1. The van der Waals surface area contributed by atoms with E-state index in [-0.39, 0.29) is 11.8 Å². The predicted molar refractivity (Wildman–Crippen MR) is 77.4 cm³/mol. The largest absolute Gasteiger partial charge is 0.356 e.